The Balaban J connectivity index is 1.83. The first-order valence-corrected chi connectivity index (χ1v) is 7.71. The zero-order chi connectivity index (χ0) is 15.8. The Morgan fingerprint density at radius 3 is 2.41 bits per heavy atom. The molecule has 0 N–H and O–H groups in total. The Morgan fingerprint density at radius 2 is 1.73 bits per heavy atom. The minimum absolute atomic E-state index is 0.432. The quantitative estimate of drug-likeness (QED) is 0.520. The van der Waals surface area contributed by atoms with Crippen LogP contribution in [0.15, 0.2) is 36.4 Å². The van der Waals surface area contributed by atoms with Crippen molar-refractivity contribution in [1.29, 1.82) is 0 Å². The lowest BCUT2D eigenvalue weighted by Gasteiger charge is -2.07. The second kappa shape index (κ2) is 8.47. The van der Waals surface area contributed by atoms with E-state index in [-0.39, 0.29) is 0 Å². The van der Waals surface area contributed by atoms with Crippen molar-refractivity contribution in [2.24, 2.45) is 0 Å². The standard InChI is InChI=1S/C18H21F2NO/c1-2-3-4-13-22-16-10-6-14(7-11-16)5-8-15-9-12-17(19)21-18(15)20/h6-7,9-12H,2-5,8,13H2,1H3. The van der Waals surface area contributed by atoms with Crippen LogP contribution in [0, 0.1) is 11.9 Å². The number of aromatic nitrogens is 1. The van der Waals surface area contributed by atoms with E-state index in [1.165, 1.54) is 25.0 Å². The van der Waals surface area contributed by atoms with E-state index >= 15 is 0 Å². The highest BCUT2D eigenvalue weighted by Gasteiger charge is 2.05. The smallest absolute Gasteiger partial charge is 0.218 e. The van der Waals surface area contributed by atoms with Crippen LogP contribution in [0.4, 0.5) is 8.78 Å². The van der Waals surface area contributed by atoms with Crippen LogP contribution in [-0.2, 0) is 12.8 Å². The lowest BCUT2D eigenvalue weighted by atomic mass is 10.1. The molecule has 0 unspecified atom stereocenters. The third-order valence-electron chi connectivity index (χ3n) is 3.51. The zero-order valence-corrected chi connectivity index (χ0v) is 12.8. The van der Waals surface area contributed by atoms with Crippen LogP contribution >= 0.6 is 0 Å². The molecule has 0 spiro atoms. The zero-order valence-electron chi connectivity index (χ0n) is 12.8. The molecule has 22 heavy (non-hydrogen) atoms. The van der Waals surface area contributed by atoms with Crippen molar-refractivity contribution in [3.8, 4) is 5.75 Å². The summed E-state index contributed by atoms with van der Waals surface area (Å²) in [5, 5.41) is 0. The molecule has 0 aliphatic heterocycles. The molecule has 1 aromatic heterocycles. The van der Waals surface area contributed by atoms with Gasteiger partial charge in [0.2, 0.25) is 11.9 Å². The average Bonchev–Trinajstić information content (AvgIpc) is 2.52. The van der Waals surface area contributed by atoms with Gasteiger partial charge in [-0.15, -0.1) is 0 Å². The molecule has 0 amide bonds. The number of nitrogens with zero attached hydrogens (tertiary/aromatic N) is 1. The molecule has 0 aliphatic carbocycles. The third kappa shape index (κ3) is 5.10. The van der Waals surface area contributed by atoms with E-state index in [2.05, 4.69) is 11.9 Å². The summed E-state index contributed by atoms with van der Waals surface area (Å²) in [5.41, 5.74) is 1.52. The van der Waals surface area contributed by atoms with Crippen molar-refractivity contribution in [3.05, 3.63) is 59.4 Å². The molecule has 1 heterocycles. The monoisotopic (exact) mass is 305 g/mol. The van der Waals surface area contributed by atoms with Crippen molar-refractivity contribution in [2.75, 3.05) is 6.61 Å². The molecule has 0 atom stereocenters. The number of rotatable bonds is 8. The highest BCUT2D eigenvalue weighted by atomic mass is 19.1. The van der Waals surface area contributed by atoms with Gasteiger partial charge in [-0.3, -0.25) is 0 Å². The Labute approximate surface area is 130 Å². The molecular formula is C18H21F2NO. The molecular weight excluding hydrogens is 284 g/mol. The fourth-order valence-corrected chi connectivity index (χ4v) is 2.20. The summed E-state index contributed by atoms with van der Waals surface area (Å²) in [7, 11) is 0. The second-order valence-corrected chi connectivity index (χ2v) is 5.28. The van der Waals surface area contributed by atoms with Crippen LogP contribution in [0.3, 0.4) is 0 Å². The lowest BCUT2D eigenvalue weighted by molar-refractivity contribution is 0.306. The summed E-state index contributed by atoms with van der Waals surface area (Å²) >= 11 is 0. The summed E-state index contributed by atoms with van der Waals surface area (Å²) in [6.45, 7) is 2.90. The van der Waals surface area contributed by atoms with E-state index in [1.54, 1.807) is 0 Å². The molecule has 2 nitrogen and oxygen atoms in total. The summed E-state index contributed by atoms with van der Waals surface area (Å²) in [6.07, 6.45) is 4.59. The molecule has 2 aromatic rings. The molecule has 1 aromatic carbocycles. The maximum Gasteiger partial charge on any atom is 0.218 e. The topological polar surface area (TPSA) is 22.1 Å². The molecule has 4 heteroatoms. The van der Waals surface area contributed by atoms with Crippen molar-refractivity contribution in [1.82, 2.24) is 4.98 Å². The number of ether oxygens (including phenoxy) is 1. The fraction of sp³-hybridized carbons (Fsp3) is 0.389. The lowest BCUT2D eigenvalue weighted by Crippen LogP contribution is -1.99. The van der Waals surface area contributed by atoms with Crippen LogP contribution in [0.2, 0.25) is 0 Å². The van der Waals surface area contributed by atoms with Crippen LogP contribution in [0.1, 0.15) is 37.3 Å². The Kier molecular flexibility index (Phi) is 6.31. The normalized spacial score (nSPS) is 10.7. The van der Waals surface area contributed by atoms with Gasteiger partial charge in [-0.05, 0) is 49.1 Å². The van der Waals surface area contributed by atoms with Crippen molar-refractivity contribution in [2.45, 2.75) is 39.0 Å². The molecule has 0 aliphatic rings. The van der Waals surface area contributed by atoms with Gasteiger partial charge in [-0.2, -0.15) is 13.8 Å². The van der Waals surface area contributed by atoms with Gasteiger partial charge in [0.1, 0.15) is 5.75 Å². The molecule has 0 fully saturated rings. The van der Waals surface area contributed by atoms with E-state index < -0.39 is 11.9 Å². The van der Waals surface area contributed by atoms with Gasteiger partial charge in [0, 0.05) is 5.56 Å². The van der Waals surface area contributed by atoms with E-state index in [4.69, 9.17) is 4.74 Å². The predicted molar refractivity (Wildman–Crippen MR) is 83.0 cm³/mol. The summed E-state index contributed by atoms with van der Waals surface area (Å²) < 4.78 is 31.8. The second-order valence-electron chi connectivity index (χ2n) is 5.28. The SMILES string of the molecule is CCCCCOc1ccc(CCc2ccc(F)nc2F)cc1. The van der Waals surface area contributed by atoms with Crippen molar-refractivity contribution >= 4 is 0 Å². The number of aryl methyl sites for hydroxylation is 2. The van der Waals surface area contributed by atoms with Gasteiger partial charge in [0.25, 0.3) is 0 Å². The van der Waals surface area contributed by atoms with Crippen LogP contribution < -0.4 is 4.74 Å². The number of benzene rings is 1. The van der Waals surface area contributed by atoms with E-state index in [0.717, 1.165) is 24.3 Å². The minimum Gasteiger partial charge on any atom is -0.494 e. The summed E-state index contributed by atoms with van der Waals surface area (Å²) in [4.78, 5) is 3.20. The van der Waals surface area contributed by atoms with E-state index in [9.17, 15) is 8.78 Å². The molecule has 118 valence electrons. The van der Waals surface area contributed by atoms with E-state index in [1.807, 2.05) is 24.3 Å². The first-order valence-electron chi connectivity index (χ1n) is 7.71. The van der Waals surface area contributed by atoms with Gasteiger partial charge in [0.15, 0.2) is 0 Å². The van der Waals surface area contributed by atoms with E-state index in [0.29, 0.717) is 18.4 Å². The van der Waals surface area contributed by atoms with Crippen LogP contribution in [0.5, 0.6) is 5.75 Å². The van der Waals surface area contributed by atoms with Crippen LogP contribution in [0.25, 0.3) is 0 Å². The summed E-state index contributed by atoms with van der Waals surface area (Å²) in [6, 6.07) is 10.4. The fourth-order valence-electron chi connectivity index (χ4n) is 2.20. The van der Waals surface area contributed by atoms with Gasteiger partial charge in [-0.1, -0.05) is 31.9 Å². The van der Waals surface area contributed by atoms with Gasteiger partial charge >= 0.3 is 0 Å². The average molecular weight is 305 g/mol. The number of hydrogen-bond donors (Lipinski definition) is 0. The van der Waals surface area contributed by atoms with Gasteiger partial charge in [0.05, 0.1) is 6.61 Å². The molecule has 0 radical (unpaired) electrons. The third-order valence-corrected chi connectivity index (χ3v) is 3.51. The van der Waals surface area contributed by atoms with Crippen molar-refractivity contribution < 1.29 is 13.5 Å². The van der Waals surface area contributed by atoms with Gasteiger partial charge in [-0.25, -0.2) is 0 Å². The molecule has 0 bridgehead atoms. The maximum atomic E-state index is 13.4. The molecule has 0 saturated carbocycles. The van der Waals surface area contributed by atoms with Crippen LogP contribution in [-0.4, -0.2) is 11.6 Å². The number of halogens is 2. The van der Waals surface area contributed by atoms with Gasteiger partial charge < -0.3 is 4.74 Å². The minimum atomic E-state index is -0.786. The number of hydrogen-bond acceptors (Lipinski definition) is 2. The molecule has 0 saturated heterocycles. The highest BCUT2D eigenvalue weighted by Crippen LogP contribution is 2.15. The first kappa shape index (κ1) is 16.4. The maximum absolute atomic E-state index is 13.4. The number of unbranched alkanes of at least 4 members (excludes halogenated alkanes) is 2. The summed E-state index contributed by atoms with van der Waals surface area (Å²) in [5.74, 6) is -0.656. The number of pyridine rings is 1. The highest BCUT2D eigenvalue weighted by molar-refractivity contribution is 5.28. The molecule has 2 rings (SSSR count). The first-order chi connectivity index (χ1) is 10.7. The largest absolute Gasteiger partial charge is 0.494 e. The Bertz CT molecular complexity index is 584. The Hall–Kier alpha value is -1.97. The predicted octanol–water partition coefficient (Wildman–Crippen LogP) is 4.71. The Morgan fingerprint density at radius 1 is 0.955 bits per heavy atom. The van der Waals surface area contributed by atoms with Crippen molar-refractivity contribution in [3.63, 3.8) is 0 Å².